The summed E-state index contributed by atoms with van der Waals surface area (Å²) in [6.45, 7) is 1.89. The minimum absolute atomic E-state index is 0.0675. The summed E-state index contributed by atoms with van der Waals surface area (Å²) in [5.41, 5.74) is 2.29. The van der Waals surface area contributed by atoms with Gasteiger partial charge in [0, 0.05) is 18.0 Å². The van der Waals surface area contributed by atoms with Gasteiger partial charge in [-0.05, 0) is 55.4 Å². The molecule has 6 unspecified atom stereocenters. The molecule has 0 aromatic heterocycles. The number of fused-ring (bicyclic) bond motifs is 4. The molecule has 4 aliphatic rings. The Hall–Kier alpha value is -2.88. The highest BCUT2D eigenvalue weighted by molar-refractivity contribution is 9.09. The number of likely N-dealkylation sites (tertiary alicyclic amines) is 2. The number of phenols is 2. The number of imide groups is 2. The first-order valence-electron chi connectivity index (χ1n) is 13.4. The van der Waals surface area contributed by atoms with E-state index in [1.807, 2.05) is 6.08 Å². The summed E-state index contributed by atoms with van der Waals surface area (Å²) in [5, 5.41) is 20.7. The van der Waals surface area contributed by atoms with Crippen molar-refractivity contribution in [2.45, 2.75) is 41.9 Å². The van der Waals surface area contributed by atoms with Gasteiger partial charge in [0.15, 0.2) is 9.75 Å². The summed E-state index contributed by atoms with van der Waals surface area (Å²) in [7, 11) is 0. The van der Waals surface area contributed by atoms with Gasteiger partial charge in [0.05, 0.1) is 17.3 Å². The third-order valence-corrected chi connectivity index (χ3v) is 11.2. The zero-order chi connectivity index (χ0) is 29.4. The van der Waals surface area contributed by atoms with Gasteiger partial charge in [0.25, 0.3) is 11.8 Å². The largest absolute Gasteiger partial charge is 0.508 e. The number of halogens is 3. The number of amides is 4. The second-order valence-electron chi connectivity index (χ2n) is 11.2. The zero-order valence-electron chi connectivity index (χ0n) is 22.0. The van der Waals surface area contributed by atoms with E-state index in [2.05, 4.69) is 15.9 Å². The second-order valence-corrected chi connectivity index (χ2v) is 13.0. The molecule has 0 spiro atoms. The van der Waals surface area contributed by atoms with Gasteiger partial charge >= 0.3 is 0 Å². The van der Waals surface area contributed by atoms with Gasteiger partial charge in [-0.15, -0.1) is 23.2 Å². The van der Waals surface area contributed by atoms with Gasteiger partial charge in [-0.2, -0.15) is 0 Å². The molecule has 2 aliphatic heterocycles. The molecule has 6 atom stereocenters. The minimum atomic E-state index is -1.95. The molecule has 11 heteroatoms. The number of aromatic hydroxyl groups is 2. The van der Waals surface area contributed by atoms with Crippen LogP contribution in [0.2, 0.25) is 0 Å². The molecule has 4 amide bonds. The predicted molar refractivity (Wildman–Crippen MR) is 155 cm³/mol. The number of benzene rings is 2. The number of phenolic OH excluding ortho intramolecular Hbond substituents is 2. The Kier molecular flexibility index (Phi) is 6.79. The molecule has 3 fully saturated rings. The fourth-order valence-electron chi connectivity index (χ4n) is 7.20. The van der Waals surface area contributed by atoms with Crippen molar-refractivity contribution in [3.05, 3.63) is 70.8 Å². The molecule has 214 valence electrons. The van der Waals surface area contributed by atoms with Gasteiger partial charge in [0.2, 0.25) is 11.8 Å². The number of alkyl halides is 3. The van der Waals surface area contributed by atoms with Crippen molar-refractivity contribution in [2.75, 3.05) is 12.0 Å². The van der Waals surface area contributed by atoms with Crippen molar-refractivity contribution >= 4 is 62.8 Å². The van der Waals surface area contributed by atoms with E-state index in [1.165, 1.54) is 4.90 Å². The Bertz CT molecular complexity index is 1530. The van der Waals surface area contributed by atoms with Crippen LogP contribution in [0.3, 0.4) is 0 Å². The van der Waals surface area contributed by atoms with Crippen LogP contribution in [-0.4, -0.2) is 65.4 Å². The first-order valence-corrected chi connectivity index (χ1v) is 15.2. The van der Waals surface area contributed by atoms with E-state index >= 15 is 0 Å². The molecule has 1 saturated carbocycles. The molecule has 41 heavy (non-hydrogen) atoms. The van der Waals surface area contributed by atoms with Crippen LogP contribution in [0.5, 0.6) is 11.5 Å². The lowest BCUT2D eigenvalue weighted by Crippen LogP contribution is -2.60. The van der Waals surface area contributed by atoms with E-state index in [4.69, 9.17) is 23.2 Å². The van der Waals surface area contributed by atoms with Gasteiger partial charge in [-0.1, -0.05) is 57.9 Å². The predicted octanol–water partition coefficient (Wildman–Crippen LogP) is 4.36. The van der Waals surface area contributed by atoms with E-state index < -0.39 is 45.2 Å². The maximum atomic E-state index is 13.9. The van der Waals surface area contributed by atoms with Crippen molar-refractivity contribution in [1.29, 1.82) is 0 Å². The number of nitrogens with zero attached hydrogens (tertiary/aromatic N) is 2. The Labute approximate surface area is 255 Å². The number of allylic oxidation sites excluding steroid dienone is 2. The molecule has 2 aromatic rings. The zero-order valence-corrected chi connectivity index (χ0v) is 25.1. The highest BCUT2D eigenvalue weighted by Gasteiger charge is 2.76. The Morgan fingerprint density at radius 1 is 0.951 bits per heavy atom. The molecule has 6 rings (SSSR count). The fourth-order valence-corrected chi connectivity index (χ4v) is 8.62. The normalized spacial score (nSPS) is 32.6. The summed E-state index contributed by atoms with van der Waals surface area (Å²) in [4.78, 5) is 53.3. The van der Waals surface area contributed by atoms with E-state index in [-0.39, 0.29) is 48.2 Å². The molecule has 2 saturated heterocycles. The quantitative estimate of drug-likeness (QED) is 0.213. The number of rotatable bonds is 5. The summed E-state index contributed by atoms with van der Waals surface area (Å²) < 4.78 is 0. The van der Waals surface area contributed by atoms with Gasteiger partial charge in [-0.25, -0.2) is 0 Å². The van der Waals surface area contributed by atoms with Crippen LogP contribution in [0, 0.1) is 24.7 Å². The number of carbonyl (C=O) groups excluding carboxylic acids is 4. The fraction of sp³-hybridized carbons (Fsp3) is 0.400. The van der Waals surface area contributed by atoms with Crippen LogP contribution < -0.4 is 0 Å². The Morgan fingerprint density at radius 3 is 2.34 bits per heavy atom. The highest BCUT2D eigenvalue weighted by Crippen LogP contribution is 2.66. The van der Waals surface area contributed by atoms with E-state index in [9.17, 15) is 29.4 Å². The highest BCUT2D eigenvalue weighted by atomic mass is 79.9. The van der Waals surface area contributed by atoms with Crippen molar-refractivity contribution in [3.63, 3.8) is 0 Å². The van der Waals surface area contributed by atoms with Crippen LogP contribution in [0.4, 0.5) is 0 Å². The van der Waals surface area contributed by atoms with Crippen LogP contribution >= 0.6 is 39.1 Å². The maximum Gasteiger partial charge on any atom is 0.254 e. The van der Waals surface area contributed by atoms with Crippen molar-refractivity contribution in [1.82, 2.24) is 9.80 Å². The topological polar surface area (TPSA) is 115 Å². The summed E-state index contributed by atoms with van der Waals surface area (Å²) in [6, 6.07) is 11.7. The van der Waals surface area contributed by atoms with Crippen LogP contribution in [0.15, 0.2) is 54.1 Å². The first kappa shape index (κ1) is 28.2. The molecule has 0 radical (unpaired) electrons. The molecule has 8 nitrogen and oxygen atoms in total. The standard InChI is InChI=1S/C30H27BrCl2N2O6/c1-15-3-2-4-20(24(15)37)23-18-9-10-19-22(21(18)13-29(32)27(40)35(14-31)28(41)30(23,29)33)26(39)34(25(19)38)12-11-16-5-7-17(36)8-6-16/h2-9,19,21-23,36-37H,10-14H2,1H3. The third kappa shape index (κ3) is 3.85. The smallest absolute Gasteiger partial charge is 0.254 e. The SMILES string of the molecule is Cc1cccc(C2C3=CCC4C(=O)N(CCc5ccc(O)cc5)C(=O)C4C3CC3(Cl)C(=O)N(CBr)C(=O)C23Cl)c1O. The maximum absolute atomic E-state index is 13.9. The third-order valence-electron chi connectivity index (χ3n) is 9.25. The molecule has 0 bridgehead atoms. The molecule has 2 heterocycles. The number of hydrogen-bond donors (Lipinski definition) is 2. The Balaban J connectivity index is 1.43. The molecule has 2 aliphatic carbocycles. The molecule has 2 N–H and O–H groups in total. The summed E-state index contributed by atoms with van der Waals surface area (Å²) in [6.07, 6.45) is 2.42. The average Bonchev–Trinajstić information content (AvgIpc) is 3.27. The molecular formula is C30H27BrCl2N2O6. The van der Waals surface area contributed by atoms with Crippen molar-refractivity contribution in [2.24, 2.45) is 17.8 Å². The van der Waals surface area contributed by atoms with E-state index in [0.29, 0.717) is 23.1 Å². The second kappa shape index (κ2) is 9.85. The van der Waals surface area contributed by atoms with Crippen LogP contribution in [-0.2, 0) is 25.6 Å². The van der Waals surface area contributed by atoms with Crippen molar-refractivity contribution < 1.29 is 29.4 Å². The van der Waals surface area contributed by atoms with Gasteiger partial charge in [0.1, 0.15) is 11.5 Å². The molecular weight excluding hydrogens is 635 g/mol. The van der Waals surface area contributed by atoms with Gasteiger partial charge < -0.3 is 10.2 Å². The number of para-hydroxylation sites is 1. The molecule has 2 aromatic carbocycles. The van der Waals surface area contributed by atoms with Crippen LogP contribution in [0.1, 0.15) is 35.4 Å². The van der Waals surface area contributed by atoms with E-state index in [0.717, 1.165) is 10.5 Å². The number of carbonyl (C=O) groups is 4. The monoisotopic (exact) mass is 660 g/mol. The summed E-state index contributed by atoms with van der Waals surface area (Å²) >= 11 is 17.6. The lowest BCUT2D eigenvalue weighted by atomic mass is 9.56. The average molecular weight is 662 g/mol. The number of hydrogen-bond acceptors (Lipinski definition) is 6. The minimum Gasteiger partial charge on any atom is -0.508 e. The van der Waals surface area contributed by atoms with Crippen molar-refractivity contribution in [3.8, 4) is 11.5 Å². The lowest BCUT2D eigenvalue weighted by Gasteiger charge is -2.50. The number of aryl methyl sites for hydroxylation is 1. The van der Waals surface area contributed by atoms with Crippen LogP contribution in [0.25, 0.3) is 0 Å². The first-order chi connectivity index (χ1) is 19.5. The Morgan fingerprint density at radius 2 is 1.66 bits per heavy atom. The van der Waals surface area contributed by atoms with E-state index in [1.54, 1.807) is 49.4 Å². The summed E-state index contributed by atoms with van der Waals surface area (Å²) in [5.74, 6) is -4.99. The lowest BCUT2D eigenvalue weighted by molar-refractivity contribution is -0.141. The van der Waals surface area contributed by atoms with Gasteiger partial charge in [-0.3, -0.25) is 29.0 Å².